The molecule has 1 N–H and O–H groups in total. The summed E-state index contributed by atoms with van der Waals surface area (Å²) in [6.07, 6.45) is 1.06. The second kappa shape index (κ2) is 10.3. The number of hydrogen-bond donors (Lipinski definition) is 1. The number of nitrogens with zero attached hydrogens (tertiary/aromatic N) is 3. The van der Waals surface area contributed by atoms with Crippen LogP contribution in [0.3, 0.4) is 0 Å². The van der Waals surface area contributed by atoms with Crippen LogP contribution in [0, 0.1) is 0 Å². The summed E-state index contributed by atoms with van der Waals surface area (Å²) in [5.41, 5.74) is 0. The Morgan fingerprint density at radius 2 is 1.80 bits per heavy atom. The predicted molar refractivity (Wildman–Crippen MR) is 101 cm³/mol. The summed E-state index contributed by atoms with van der Waals surface area (Å²) in [5, 5.41) is 11.0. The molecular formula is C15H24N4O3S3. The zero-order chi connectivity index (χ0) is 18.2. The van der Waals surface area contributed by atoms with Crippen molar-refractivity contribution in [3.05, 3.63) is 0 Å². The number of amides is 2. The van der Waals surface area contributed by atoms with Gasteiger partial charge in [-0.1, -0.05) is 41.8 Å². The maximum Gasteiger partial charge on any atom is 0.233 e. The molecule has 1 aliphatic rings. The van der Waals surface area contributed by atoms with Gasteiger partial charge in [-0.3, -0.25) is 9.59 Å². The van der Waals surface area contributed by atoms with E-state index in [4.69, 9.17) is 4.74 Å². The number of hydrogen-bond acceptors (Lipinski definition) is 8. The highest BCUT2D eigenvalue weighted by Crippen LogP contribution is 2.29. The van der Waals surface area contributed by atoms with E-state index in [-0.39, 0.29) is 24.0 Å². The summed E-state index contributed by atoms with van der Waals surface area (Å²) >= 11 is 4.18. The van der Waals surface area contributed by atoms with Gasteiger partial charge in [0.2, 0.25) is 11.8 Å². The molecule has 0 spiro atoms. The molecule has 0 saturated carbocycles. The minimum absolute atomic E-state index is 0.00184. The molecule has 0 aliphatic carbocycles. The van der Waals surface area contributed by atoms with E-state index in [1.54, 1.807) is 0 Å². The van der Waals surface area contributed by atoms with Crippen molar-refractivity contribution in [1.29, 1.82) is 0 Å². The van der Waals surface area contributed by atoms with Gasteiger partial charge in [-0.05, 0) is 20.3 Å². The minimum Gasteiger partial charge on any atom is -0.372 e. The van der Waals surface area contributed by atoms with Crippen LogP contribution in [0.2, 0.25) is 0 Å². The van der Waals surface area contributed by atoms with Crippen LogP contribution in [0.1, 0.15) is 27.2 Å². The van der Waals surface area contributed by atoms with Crippen LogP contribution in [0.25, 0.3) is 0 Å². The molecule has 0 bridgehead atoms. The smallest absolute Gasteiger partial charge is 0.233 e. The summed E-state index contributed by atoms with van der Waals surface area (Å²) in [6, 6.07) is 0. The number of morpholine rings is 1. The van der Waals surface area contributed by atoms with Crippen LogP contribution in [0.4, 0.5) is 0 Å². The zero-order valence-electron chi connectivity index (χ0n) is 14.7. The Kier molecular flexibility index (Phi) is 8.47. The summed E-state index contributed by atoms with van der Waals surface area (Å²) in [4.78, 5) is 25.8. The quantitative estimate of drug-likeness (QED) is 0.662. The maximum atomic E-state index is 12.3. The Labute approximate surface area is 160 Å². The minimum atomic E-state index is 0.00184. The Balaban J connectivity index is 1.73. The highest BCUT2D eigenvalue weighted by Gasteiger charge is 2.25. The van der Waals surface area contributed by atoms with Gasteiger partial charge in [-0.25, -0.2) is 0 Å². The number of carbonyl (C=O) groups excluding carboxylic acids is 2. The monoisotopic (exact) mass is 404 g/mol. The highest BCUT2D eigenvalue weighted by atomic mass is 32.2. The van der Waals surface area contributed by atoms with Crippen molar-refractivity contribution in [1.82, 2.24) is 20.4 Å². The SMILES string of the molecule is CCCNC(=O)CSc1nnc(SCC(=O)N2C[C@@H](C)O[C@H](C)C2)s1. The molecule has 1 fully saturated rings. The van der Waals surface area contributed by atoms with Crippen LogP contribution < -0.4 is 5.32 Å². The molecule has 1 aromatic rings. The van der Waals surface area contributed by atoms with Gasteiger partial charge in [0.1, 0.15) is 0 Å². The van der Waals surface area contributed by atoms with Gasteiger partial charge in [0.05, 0.1) is 23.7 Å². The first kappa shape index (κ1) is 20.5. The van der Waals surface area contributed by atoms with Crippen molar-refractivity contribution in [3.63, 3.8) is 0 Å². The first-order valence-corrected chi connectivity index (χ1v) is 11.1. The fourth-order valence-electron chi connectivity index (χ4n) is 2.35. The Bertz CT molecular complexity index is 574. The largest absolute Gasteiger partial charge is 0.372 e. The summed E-state index contributed by atoms with van der Waals surface area (Å²) in [7, 11) is 0. The molecule has 0 aromatic carbocycles. The number of carbonyl (C=O) groups is 2. The fourth-order valence-corrected chi connectivity index (χ4v) is 5.11. The van der Waals surface area contributed by atoms with Crippen molar-refractivity contribution in [2.75, 3.05) is 31.1 Å². The lowest BCUT2D eigenvalue weighted by Crippen LogP contribution is -2.48. The van der Waals surface area contributed by atoms with E-state index in [0.717, 1.165) is 15.1 Å². The van der Waals surface area contributed by atoms with Crippen LogP contribution in [0.5, 0.6) is 0 Å². The lowest BCUT2D eigenvalue weighted by Gasteiger charge is -2.35. The number of aromatic nitrogens is 2. The molecule has 140 valence electrons. The van der Waals surface area contributed by atoms with Gasteiger partial charge >= 0.3 is 0 Å². The Hall–Kier alpha value is -0.840. The molecule has 1 aliphatic heterocycles. The normalized spacial score (nSPS) is 20.5. The Morgan fingerprint density at radius 3 is 2.40 bits per heavy atom. The van der Waals surface area contributed by atoms with Crippen molar-refractivity contribution in [2.24, 2.45) is 0 Å². The van der Waals surface area contributed by atoms with Crippen LogP contribution in [-0.2, 0) is 14.3 Å². The predicted octanol–water partition coefficient (Wildman–Crippen LogP) is 1.88. The number of thioether (sulfide) groups is 2. The first-order valence-electron chi connectivity index (χ1n) is 8.27. The lowest BCUT2D eigenvalue weighted by atomic mass is 10.2. The molecule has 0 unspecified atom stereocenters. The summed E-state index contributed by atoms with van der Waals surface area (Å²) in [5.74, 6) is 0.773. The van der Waals surface area contributed by atoms with Gasteiger partial charge in [0.15, 0.2) is 8.68 Å². The third-order valence-electron chi connectivity index (χ3n) is 3.38. The average molecular weight is 405 g/mol. The maximum absolute atomic E-state index is 12.3. The van der Waals surface area contributed by atoms with Gasteiger partial charge in [0, 0.05) is 19.6 Å². The first-order chi connectivity index (χ1) is 12.0. The number of rotatable bonds is 8. The average Bonchev–Trinajstić information content (AvgIpc) is 3.03. The molecule has 2 atom stereocenters. The Morgan fingerprint density at radius 1 is 1.20 bits per heavy atom. The van der Waals surface area contributed by atoms with E-state index in [0.29, 0.717) is 31.1 Å². The number of ether oxygens (including phenoxy) is 1. The molecule has 0 radical (unpaired) electrons. The molecule has 7 nitrogen and oxygen atoms in total. The van der Waals surface area contributed by atoms with Crippen molar-refractivity contribution in [3.8, 4) is 0 Å². The zero-order valence-corrected chi connectivity index (χ0v) is 17.1. The lowest BCUT2D eigenvalue weighted by molar-refractivity contribution is -0.140. The molecule has 2 amide bonds. The third kappa shape index (κ3) is 7.12. The van der Waals surface area contributed by atoms with Gasteiger partial charge in [0.25, 0.3) is 0 Å². The molecule has 25 heavy (non-hydrogen) atoms. The second-order valence-corrected chi connectivity index (χ2v) is 9.24. The van der Waals surface area contributed by atoms with E-state index in [1.165, 1.54) is 34.9 Å². The molecule has 2 heterocycles. The fraction of sp³-hybridized carbons (Fsp3) is 0.733. The van der Waals surface area contributed by atoms with E-state index in [9.17, 15) is 9.59 Å². The molecule has 2 rings (SSSR count). The van der Waals surface area contributed by atoms with Crippen molar-refractivity contribution in [2.45, 2.75) is 48.1 Å². The highest BCUT2D eigenvalue weighted by molar-refractivity contribution is 8.03. The van der Waals surface area contributed by atoms with Crippen molar-refractivity contribution >= 4 is 46.7 Å². The molecule has 1 aromatic heterocycles. The molecule has 1 saturated heterocycles. The van der Waals surface area contributed by atoms with Gasteiger partial charge in [-0.15, -0.1) is 10.2 Å². The summed E-state index contributed by atoms with van der Waals surface area (Å²) in [6.45, 7) is 7.93. The molecular weight excluding hydrogens is 380 g/mol. The third-order valence-corrected chi connectivity index (χ3v) is 6.55. The van der Waals surface area contributed by atoms with Crippen LogP contribution in [0.15, 0.2) is 8.68 Å². The molecule has 10 heteroatoms. The van der Waals surface area contributed by atoms with Crippen LogP contribution in [-0.4, -0.2) is 70.3 Å². The van der Waals surface area contributed by atoms with E-state index < -0.39 is 0 Å². The van der Waals surface area contributed by atoms with Crippen molar-refractivity contribution < 1.29 is 14.3 Å². The van der Waals surface area contributed by atoms with Gasteiger partial charge in [-0.2, -0.15) is 0 Å². The van der Waals surface area contributed by atoms with E-state index in [1.807, 2.05) is 25.7 Å². The van der Waals surface area contributed by atoms with E-state index in [2.05, 4.69) is 15.5 Å². The standard InChI is InChI=1S/C15H24N4O3S3/c1-4-5-16-12(20)8-23-14-17-18-15(25-14)24-9-13(21)19-6-10(2)22-11(3)7-19/h10-11H,4-9H2,1-3H3,(H,16,20)/t10-,11-/m1/s1. The van der Waals surface area contributed by atoms with Gasteiger partial charge < -0.3 is 15.0 Å². The summed E-state index contributed by atoms with van der Waals surface area (Å²) < 4.78 is 7.14. The second-order valence-electron chi connectivity index (χ2n) is 5.82. The number of nitrogens with one attached hydrogen (secondary N) is 1. The van der Waals surface area contributed by atoms with E-state index >= 15 is 0 Å². The van der Waals surface area contributed by atoms with Crippen LogP contribution >= 0.6 is 34.9 Å². The topological polar surface area (TPSA) is 84.4 Å².